The molecule has 86 valence electrons. The van der Waals surface area contributed by atoms with Gasteiger partial charge in [-0.15, -0.1) is 0 Å². The molecule has 2 aliphatic rings. The topological polar surface area (TPSA) is 21.7 Å². The lowest BCUT2D eigenvalue weighted by atomic mass is 10.1. The number of hydrogen-bond donors (Lipinski definition) is 0. The van der Waals surface area contributed by atoms with Crippen molar-refractivity contribution in [1.29, 1.82) is 0 Å². The molecule has 0 bridgehead atoms. The number of fused-ring (bicyclic) bond motifs is 2. The van der Waals surface area contributed by atoms with Crippen LogP contribution < -0.4 is 4.74 Å². The highest BCUT2D eigenvalue weighted by Crippen LogP contribution is 2.33. The first-order chi connectivity index (χ1) is 7.86. The van der Waals surface area contributed by atoms with Crippen molar-refractivity contribution in [3.63, 3.8) is 0 Å². The van der Waals surface area contributed by atoms with Crippen LogP contribution in [-0.4, -0.2) is 24.8 Å². The van der Waals surface area contributed by atoms with Crippen molar-refractivity contribution in [3.05, 3.63) is 29.3 Å². The number of benzene rings is 1. The number of rotatable bonds is 2. The molecule has 1 aromatic rings. The Hall–Kier alpha value is -1.06. The van der Waals surface area contributed by atoms with E-state index in [2.05, 4.69) is 23.1 Å². The molecule has 1 atom stereocenters. The number of hydrogen-bond acceptors (Lipinski definition) is 3. The molecule has 0 aromatic heterocycles. The van der Waals surface area contributed by atoms with Crippen LogP contribution in [0, 0.1) is 0 Å². The lowest BCUT2D eigenvalue weighted by Crippen LogP contribution is -2.37. The van der Waals surface area contributed by atoms with Gasteiger partial charge in [-0.2, -0.15) is 0 Å². The standard InChI is InChI=1S/C13H17NO2/c1-15-9-10-4-5-11-8-14-6-2-3-13(14)16-12(11)7-10/h4-5,7,13H,2-3,6,8-9H2,1H3. The van der Waals surface area contributed by atoms with Crippen molar-refractivity contribution in [3.8, 4) is 5.75 Å². The fourth-order valence-electron chi connectivity index (χ4n) is 2.57. The van der Waals surface area contributed by atoms with Gasteiger partial charge in [-0.25, -0.2) is 0 Å². The summed E-state index contributed by atoms with van der Waals surface area (Å²) in [4.78, 5) is 2.42. The molecule has 2 aliphatic heterocycles. The van der Waals surface area contributed by atoms with Crippen molar-refractivity contribution in [2.24, 2.45) is 0 Å². The number of ether oxygens (including phenoxy) is 2. The largest absolute Gasteiger partial charge is 0.475 e. The van der Waals surface area contributed by atoms with Gasteiger partial charge in [0.1, 0.15) is 5.75 Å². The molecule has 0 N–H and O–H groups in total. The lowest BCUT2D eigenvalue weighted by Gasteiger charge is -2.32. The van der Waals surface area contributed by atoms with Crippen LogP contribution in [0.15, 0.2) is 18.2 Å². The predicted octanol–water partition coefficient (Wildman–Crippen LogP) is 2.15. The predicted molar refractivity (Wildman–Crippen MR) is 61.2 cm³/mol. The molecule has 0 saturated carbocycles. The summed E-state index contributed by atoms with van der Waals surface area (Å²) in [5.41, 5.74) is 2.49. The third-order valence-corrected chi connectivity index (χ3v) is 3.38. The van der Waals surface area contributed by atoms with Gasteiger partial charge in [0, 0.05) is 25.8 Å². The number of methoxy groups -OCH3 is 1. The van der Waals surface area contributed by atoms with Gasteiger partial charge in [0.05, 0.1) is 6.61 Å². The first-order valence-electron chi connectivity index (χ1n) is 5.88. The highest BCUT2D eigenvalue weighted by Gasteiger charge is 2.31. The maximum absolute atomic E-state index is 6.01. The Bertz CT molecular complexity index is 392. The van der Waals surface area contributed by atoms with Crippen LogP contribution in [0.5, 0.6) is 5.75 Å². The molecule has 1 saturated heterocycles. The summed E-state index contributed by atoms with van der Waals surface area (Å²) in [5, 5.41) is 0. The molecule has 2 heterocycles. The number of nitrogens with zero attached hydrogens (tertiary/aromatic N) is 1. The van der Waals surface area contributed by atoms with E-state index in [1.807, 2.05) is 0 Å². The summed E-state index contributed by atoms with van der Waals surface area (Å²) in [6.07, 6.45) is 2.72. The minimum Gasteiger partial charge on any atom is -0.475 e. The van der Waals surface area contributed by atoms with E-state index in [-0.39, 0.29) is 0 Å². The molecule has 0 radical (unpaired) electrons. The summed E-state index contributed by atoms with van der Waals surface area (Å²) >= 11 is 0. The van der Waals surface area contributed by atoms with E-state index >= 15 is 0 Å². The Labute approximate surface area is 96.0 Å². The van der Waals surface area contributed by atoms with E-state index in [0.717, 1.165) is 18.7 Å². The van der Waals surface area contributed by atoms with Crippen molar-refractivity contribution in [1.82, 2.24) is 4.90 Å². The van der Waals surface area contributed by atoms with Crippen LogP contribution >= 0.6 is 0 Å². The molecule has 0 aliphatic carbocycles. The quantitative estimate of drug-likeness (QED) is 0.760. The van der Waals surface area contributed by atoms with Crippen molar-refractivity contribution in [2.45, 2.75) is 32.2 Å². The maximum atomic E-state index is 6.01. The molecule has 1 unspecified atom stereocenters. The van der Waals surface area contributed by atoms with Crippen molar-refractivity contribution in [2.75, 3.05) is 13.7 Å². The SMILES string of the molecule is COCc1ccc2c(c1)OC1CCCN1C2. The van der Waals surface area contributed by atoms with Gasteiger partial charge in [0.15, 0.2) is 6.23 Å². The smallest absolute Gasteiger partial charge is 0.153 e. The van der Waals surface area contributed by atoms with Gasteiger partial charge in [-0.05, 0) is 24.5 Å². The van der Waals surface area contributed by atoms with Crippen LogP contribution in [0.3, 0.4) is 0 Å². The zero-order chi connectivity index (χ0) is 11.0. The average Bonchev–Trinajstić information content (AvgIpc) is 2.73. The summed E-state index contributed by atoms with van der Waals surface area (Å²) in [7, 11) is 1.72. The van der Waals surface area contributed by atoms with E-state index < -0.39 is 0 Å². The van der Waals surface area contributed by atoms with Gasteiger partial charge in [-0.3, -0.25) is 4.90 Å². The van der Waals surface area contributed by atoms with Crippen molar-refractivity contribution < 1.29 is 9.47 Å². The van der Waals surface area contributed by atoms with E-state index in [0.29, 0.717) is 12.8 Å². The third-order valence-electron chi connectivity index (χ3n) is 3.38. The molecule has 1 fully saturated rings. The second-order valence-electron chi connectivity index (χ2n) is 4.56. The fraction of sp³-hybridized carbons (Fsp3) is 0.538. The van der Waals surface area contributed by atoms with E-state index in [1.165, 1.54) is 24.1 Å². The third kappa shape index (κ3) is 1.70. The molecule has 0 spiro atoms. The van der Waals surface area contributed by atoms with Crippen LogP contribution in [0.2, 0.25) is 0 Å². The van der Waals surface area contributed by atoms with Crippen molar-refractivity contribution >= 4 is 0 Å². The molecule has 0 amide bonds. The summed E-state index contributed by atoms with van der Waals surface area (Å²) in [6.45, 7) is 2.86. The molecule has 3 rings (SSSR count). The van der Waals surface area contributed by atoms with Gasteiger partial charge in [0.25, 0.3) is 0 Å². The summed E-state index contributed by atoms with van der Waals surface area (Å²) in [6, 6.07) is 6.41. The highest BCUT2D eigenvalue weighted by molar-refractivity contribution is 5.39. The van der Waals surface area contributed by atoms with Gasteiger partial charge >= 0.3 is 0 Å². The van der Waals surface area contributed by atoms with Gasteiger partial charge in [-0.1, -0.05) is 12.1 Å². The lowest BCUT2D eigenvalue weighted by molar-refractivity contribution is 0.0338. The minimum atomic E-state index is 0.310. The minimum absolute atomic E-state index is 0.310. The van der Waals surface area contributed by atoms with Crippen LogP contribution in [-0.2, 0) is 17.9 Å². The Kier molecular flexibility index (Phi) is 2.58. The van der Waals surface area contributed by atoms with Gasteiger partial charge in [0.2, 0.25) is 0 Å². The van der Waals surface area contributed by atoms with E-state index in [4.69, 9.17) is 9.47 Å². The Morgan fingerprint density at radius 3 is 3.31 bits per heavy atom. The summed E-state index contributed by atoms with van der Waals surface area (Å²) in [5.74, 6) is 1.05. The maximum Gasteiger partial charge on any atom is 0.153 e. The monoisotopic (exact) mass is 219 g/mol. The Morgan fingerprint density at radius 2 is 2.44 bits per heavy atom. The molecule has 3 heteroatoms. The zero-order valence-corrected chi connectivity index (χ0v) is 9.61. The fourth-order valence-corrected chi connectivity index (χ4v) is 2.57. The first kappa shape index (κ1) is 10.1. The summed E-state index contributed by atoms with van der Waals surface area (Å²) < 4.78 is 11.2. The van der Waals surface area contributed by atoms with Crippen LogP contribution in [0.4, 0.5) is 0 Å². The van der Waals surface area contributed by atoms with Crippen LogP contribution in [0.25, 0.3) is 0 Å². The van der Waals surface area contributed by atoms with Gasteiger partial charge < -0.3 is 9.47 Å². The zero-order valence-electron chi connectivity index (χ0n) is 9.61. The Morgan fingerprint density at radius 1 is 1.50 bits per heavy atom. The second kappa shape index (κ2) is 4.07. The molecular weight excluding hydrogens is 202 g/mol. The molecular formula is C13H17NO2. The van der Waals surface area contributed by atoms with E-state index in [9.17, 15) is 0 Å². The molecule has 3 nitrogen and oxygen atoms in total. The van der Waals surface area contributed by atoms with Crippen LogP contribution in [0.1, 0.15) is 24.0 Å². The van der Waals surface area contributed by atoms with E-state index in [1.54, 1.807) is 7.11 Å². The molecule has 1 aromatic carbocycles. The Balaban J connectivity index is 1.87. The highest BCUT2D eigenvalue weighted by atomic mass is 16.5. The average molecular weight is 219 g/mol. The molecule has 16 heavy (non-hydrogen) atoms. The first-order valence-corrected chi connectivity index (χ1v) is 5.88. The normalized spacial score (nSPS) is 23.7. The second-order valence-corrected chi connectivity index (χ2v) is 4.56.